The van der Waals surface area contributed by atoms with Crippen molar-refractivity contribution in [2.24, 2.45) is 0 Å². The van der Waals surface area contributed by atoms with E-state index in [4.69, 9.17) is 0 Å². The van der Waals surface area contributed by atoms with E-state index < -0.39 is 17.0 Å². The van der Waals surface area contributed by atoms with E-state index in [0.29, 0.717) is 6.92 Å². The van der Waals surface area contributed by atoms with Gasteiger partial charge >= 0.3 is 6.18 Å². The van der Waals surface area contributed by atoms with Crippen LogP contribution in [0.5, 0.6) is 0 Å². The van der Waals surface area contributed by atoms with E-state index in [2.05, 4.69) is 11.6 Å². The van der Waals surface area contributed by atoms with Gasteiger partial charge in [0.05, 0.1) is 0 Å². The molecular weight excluding hydrogens is 184 g/mol. The van der Waals surface area contributed by atoms with E-state index in [1.165, 1.54) is 0 Å². The van der Waals surface area contributed by atoms with Crippen molar-refractivity contribution in [3.05, 3.63) is 10.9 Å². The second-order valence-corrected chi connectivity index (χ2v) is 1.72. The van der Waals surface area contributed by atoms with Crippen LogP contribution >= 0.6 is 11.6 Å². The fourth-order valence-corrected chi connectivity index (χ4v) is 0.195. The summed E-state index contributed by atoms with van der Waals surface area (Å²) in [5.41, 5.74) is 0. The molecule has 0 fully saturated rings. The number of allylic oxidation sites excluding steroid dienone is 2. The molecule has 0 N–H and O–H groups in total. The Morgan fingerprint density at radius 2 is 1.45 bits per heavy atom. The van der Waals surface area contributed by atoms with Gasteiger partial charge in [0.25, 0.3) is 0 Å². The topological polar surface area (TPSA) is 0 Å². The Morgan fingerprint density at radius 1 is 1.18 bits per heavy atom. The van der Waals surface area contributed by atoms with Crippen LogP contribution in [0, 0.1) is 0 Å². The second-order valence-electron chi connectivity index (χ2n) is 1.35. The minimum Gasteiger partial charge on any atom is -0.211 e. The maximum Gasteiger partial charge on any atom is 0.429 e. The molecular formula is C6H9ClF4. The molecule has 0 spiro atoms. The first-order valence-electron chi connectivity index (χ1n) is 2.94. The van der Waals surface area contributed by atoms with Gasteiger partial charge in [0.2, 0.25) is 0 Å². The molecule has 0 nitrogen and oxygen atoms in total. The third-order valence-electron chi connectivity index (χ3n) is 0.551. The van der Waals surface area contributed by atoms with Crippen LogP contribution in [-0.4, -0.2) is 6.18 Å². The lowest BCUT2D eigenvalue weighted by Gasteiger charge is -2.02. The molecule has 0 rings (SSSR count). The van der Waals surface area contributed by atoms with Crippen molar-refractivity contribution in [2.45, 2.75) is 26.9 Å². The average Bonchev–Trinajstić information content (AvgIpc) is 1.89. The summed E-state index contributed by atoms with van der Waals surface area (Å²) in [6.07, 6.45) is -4.75. The van der Waals surface area contributed by atoms with Gasteiger partial charge in [-0.15, -0.1) is 0 Å². The summed E-state index contributed by atoms with van der Waals surface area (Å²) in [6, 6.07) is 0. The molecule has 0 aromatic heterocycles. The first-order valence-corrected chi connectivity index (χ1v) is 3.32. The lowest BCUT2D eigenvalue weighted by Crippen LogP contribution is -2.07. The molecule has 0 aromatic rings. The molecule has 5 heteroatoms. The first kappa shape index (κ1) is 13.3. The Morgan fingerprint density at radius 3 is 1.45 bits per heavy atom. The fraction of sp³-hybridized carbons (Fsp3) is 0.667. The third-order valence-corrected chi connectivity index (χ3v) is 1.03. The molecule has 0 amide bonds. The van der Waals surface area contributed by atoms with Crippen molar-refractivity contribution in [1.82, 2.24) is 0 Å². The maximum absolute atomic E-state index is 11.6. The Bertz CT molecular complexity index is 132. The summed E-state index contributed by atoms with van der Waals surface area (Å²) in [4.78, 5) is 0. The Hall–Kier alpha value is -0.250. The van der Waals surface area contributed by atoms with E-state index in [9.17, 15) is 17.6 Å². The normalized spacial score (nSPS) is 13.1. The van der Waals surface area contributed by atoms with Gasteiger partial charge in [-0.2, -0.15) is 13.2 Å². The van der Waals surface area contributed by atoms with Crippen molar-refractivity contribution in [2.75, 3.05) is 0 Å². The summed E-state index contributed by atoms with van der Waals surface area (Å²) in [5, 5.41) is -1.69. The van der Waals surface area contributed by atoms with Gasteiger partial charge in [-0.3, -0.25) is 0 Å². The molecule has 0 aliphatic heterocycles. The average molecular weight is 193 g/mol. The number of rotatable bonds is 0. The Labute approximate surface area is 67.8 Å². The molecule has 0 bridgehead atoms. The second kappa shape index (κ2) is 5.41. The summed E-state index contributed by atoms with van der Waals surface area (Å²) >= 11 is 4.47. The highest BCUT2D eigenvalue weighted by atomic mass is 35.5. The van der Waals surface area contributed by atoms with Gasteiger partial charge in [-0.25, -0.2) is 4.39 Å². The van der Waals surface area contributed by atoms with Crippen LogP contribution in [0.1, 0.15) is 20.8 Å². The van der Waals surface area contributed by atoms with E-state index in [-0.39, 0.29) is 0 Å². The van der Waals surface area contributed by atoms with Crippen molar-refractivity contribution < 1.29 is 17.6 Å². The van der Waals surface area contributed by atoms with Crippen LogP contribution in [0.3, 0.4) is 0 Å². The smallest absolute Gasteiger partial charge is 0.211 e. The SMILES string of the molecule is C/C(F)=C(/Cl)C(F)(F)F.CC. The quantitative estimate of drug-likeness (QED) is 0.509. The van der Waals surface area contributed by atoms with E-state index in [1.54, 1.807) is 0 Å². The summed E-state index contributed by atoms with van der Waals surface area (Å²) in [6.45, 7) is 4.65. The Kier molecular flexibility index (Phi) is 6.56. The first-order chi connectivity index (χ1) is 4.85. The predicted octanol–water partition coefficient (Wildman–Crippen LogP) is 4.01. The largest absolute Gasteiger partial charge is 0.429 e. The highest BCUT2D eigenvalue weighted by Crippen LogP contribution is 2.31. The minimum absolute atomic E-state index is 0.649. The lowest BCUT2D eigenvalue weighted by atomic mass is 10.5. The monoisotopic (exact) mass is 192 g/mol. The molecule has 0 saturated carbocycles. The van der Waals surface area contributed by atoms with Crippen molar-refractivity contribution in [1.29, 1.82) is 0 Å². The molecule has 0 aromatic carbocycles. The lowest BCUT2D eigenvalue weighted by molar-refractivity contribution is -0.0861. The summed E-state index contributed by atoms with van der Waals surface area (Å²) < 4.78 is 45.4. The molecule has 0 aliphatic rings. The minimum atomic E-state index is -4.75. The highest BCUT2D eigenvalue weighted by molar-refractivity contribution is 6.30. The van der Waals surface area contributed by atoms with Crippen molar-refractivity contribution in [3.63, 3.8) is 0 Å². The zero-order valence-corrected chi connectivity index (χ0v) is 7.15. The van der Waals surface area contributed by atoms with Gasteiger partial charge in [-0.05, 0) is 6.92 Å². The van der Waals surface area contributed by atoms with Crippen LogP contribution in [0.25, 0.3) is 0 Å². The molecule has 0 unspecified atom stereocenters. The molecule has 68 valence electrons. The number of alkyl halides is 3. The van der Waals surface area contributed by atoms with Gasteiger partial charge < -0.3 is 0 Å². The zero-order valence-electron chi connectivity index (χ0n) is 6.39. The van der Waals surface area contributed by atoms with Crippen LogP contribution in [0.15, 0.2) is 10.9 Å². The van der Waals surface area contributed by atoms with E-state index in [0.717, 1.165) is 0 Å². The molecule has 0 saturated heterocycles. The van der Waals surface area contributed by atoms with Crippen LogP contribution < -0.4 is 0 Å². The standard InChI is InChI=1S/C4H3ClF4.C2H6/c1-2(6)3(5)4(7,8)9;1-2/h1H3;1-2H3/b3-2-;. The Balaban J connectivity index is 0. The third kappa shape index (κ3) is 6.16. The molecule has 0 atom stereocenters. The van der Waals surface area contributed by atoms with E-state index >= 15 is 0 Å². The van der Waals surface area contributed by atoms with Gasteiger partial charge in [0.15, 0.2) is 5.03 Å². The van der Waals surface area contributed by atoms with Crippen LogP contribution in [-0.2, 0) is 0 Å². The predicted molar refractivity (Wildman–Crippen MR) is 37.1 cm³/mol. The van der Waals surface area contributed by atoms with Gasteiger partial charge in [0, 0.05) is 0 Å². The molecule has 0 radical (unpaired) electrons. The van der Waals surface area contributed by atoms with Gasteiger partial charge in [-0.1, -0.05) is 25.4 Å². The molecule has 0 aliphatic carbocycles. The molecule has 0 heterocycles. The maximum atomic E-state index is 11.6. The van der Waals surface area contributed by atoms with Crippen LogP contribution in [0.2, 0.25) is 0 Å². The fourth-order valence-electron chi connectivity index (χ4n) is 0.195. The summed E-state index contributed by atoms with van der Waals surface area (Å²) in [7, 11) is 0. The van der Waals surface area contributed by atoms with Crippen molar-refractivity contribution >= 4 is 11.6 Å². The number of halogens is 5. The van der Waals surface area contributed by atoms with E-state index in [1.807, 2.05) is 13.8 Å². The zero-order chi connectivity index (χ0) is 9.65. The number of hydrogen-bond acceptors (Lipinski definition) is 0. The van der Waals surface area contributed by atoms with Crippen molar-refractivity contribution in [3.8, 4) is 0 Å². The highest BCUT2D eigenvalue weighted by Gasteiger charge is 2.34. The van der Waals surface area contributed by atoms with Gasteiger partial charge in [0.1, 0.15) is 5.83 Å². The number of hydrogen-bond donors (Lipinski definition) is 0. The van der Waals surface area contributed by atoms with Crippen LogP contribution in [0.4, 0.5) is 17.6 Å². The molecule has 11 heavy (non-hydrogen) atoms. The summed E-state index contributed by atoms with van der Waals surface area (Å²) in [5.74, 6) is -1.41.